The number of halogens is 2. The van der Waals surface area contributed by atoms with E-state index >= 15 is 0 Å². The normalized spacial score (nSPS) is 15.3. The lowest BCUT2D eigenvalue weighted by Crippen LogP contribution is -2.17. The van der Waals surface area contributed by atoms with E-state index in [-0.39, 0.29) is 6.04 Å². The number of fused-ring (bicyclic) bond motifs is 1. The molecule has 0 radical (unpaired) electrons. The molecule has 3 rings (SSSR count). The van der Waals surface area contributed by atoms with Crippen LogP contribution in [0.25, 0.3) is 0 Å². The summed E-state index contributed by atoms with van der Waals surface area (Å²) in [4.78, 5) is 0. The molecule has 0 spiro atoms. The van der Waals surface area contributed by atoms with Gasteiger partial charge < -0.3 is 10.5 Å². The van der Waals surface area contributed by atoms with Gasteiger partial charge in [0.1, 0.15) is 5.75 Å². The Kier molecular flexibility index (Phi) is 3.88. The average Bonchev–Trinajstić information content (AvgIpc) is 2.45. The van der Waals surface area contributed by atoms with Gasteiger partial charge in [0.25, 0.3) is 0 Å². The molecule has 2 nitrogen and oxygen atoms in total. The summed E-state index contributed by atoms with van der Waals surface area (Å²) < 4.78 is 5.81. The van der Waals surface area contributed by atoms with Crippen LogP contribution in [0, 0.1) is 0 Å². The lowest BCUT2D eigenvalue weighted by atomic mass is 9.94. The van der Waals surface area contributed by atoms with E-state index in [0.717, 1.165) is 36.3 Å². The van der Waals surface area contributed by atoms with Crippen molar-refractivity contribution in [2.75, 3.05) is 6.61 Å². The summed E-state index contributed by atoms with van der Waals surface area (Å²) in [6.45, 7) is 0.743. The fraction of sp³-hybridized carbons (Fsp3) is 0.250. The summed E-state index contributed by atoms with van der Waals surface area (Å²) in [5.74, 6) is 0.919. The van der Waals surface area contributed by atoms with Gasteiger partial charge >= 0.3 is 0 Å². The van der Waals surface area contributed by atoms with E-state index in [4.69, 9.17) is 33.7 Å². The molecule has 0 aliphatic carbocycles. The number of para-hydroxylation sites is 1. The number of hydrogen-bond donors (Lipinski definition) is 1. The molecule has 1 aliphatic heterocycles. The van der Waals surface area contributed by atoms with Gasteiger partial charge in [0.15, 0.2) is 0 Å². The van der Waals surface area contributed by atoms with Crippen molar-refractivity contribution in [3.63, 3.8) is 0 Å². The monoisotopic (exact) mass is 307 g/mol. The third-order valence-corrected chi connectivity index (χ3v) is 3.98. The summed E-state index contributed by atoms with van der Waals surface area (Å²) >= 11 is 12.1. The van der Waals surface area contributed by atoms with Crippen molar-refractivity contribution in [2.45, 2.75) is 18.9 Å². The van der Waals surface area contributed by atoms with Gasteiger partial charge in [-0.3, -0.25) is 0 Å². The van der Waals surface area contributed by atoms with E-state index in [1.54, 1.807) is 6.07 Å². The Bertz CT molecular complexity index is 622. The van der Waals surface area contributed by atoms with Crippen molar-refractivity contribution in [3.8, 4) is 5.75 Å². The van der Waals surface area contributed by atoms with Gasteiger partial charge in [-0.15, -0.1) is 0 Å². The second-order valence-electron chi connectivity index (χ2n) is 4.97. The van der Waals surface area contributed by atoms with Crippen molar-refractivity contribution >= 4 is 23.2 Å². The number of benzene rings is 2. The minimum absolute atomic E-state index is 0.292. The standard InChI is InChI=1S/C16H15Cl2NO/c17-12-7-11(8-13(18)9-12)15(19)14-5-1-3-10-4-2-6-20-16(10)14/h1,3,5,7-9,15H,2,4,6,19H2. The van der Waals surface area contributed by atoms with Gasteiger partial charge in [-0.2, -0.15) is 0 Å². The summed E-state index contributed by atoms with van der Waals surface area (Å²) in [6.07, 6.45) is 2.08. The fourth-order valence-electron chi connectivity index (χ4n) is 2.59. The molecular formula is C16H15Cl2NO. The lowest BCUT2D eigenvalue weighted by Gasteiger charge is -2.23. The number of aryl methyl sites for hydroxylation is 1. The van der Waals surface area contributed by atoms with Gasteiger partial charge in [-0.25, -0.2) is 0 Å². The van der Waals surface area contributed by atoms with Crippen LogP contribution in [0.3, 0.4) is 0 Å². The Balaban J connectivity index is 2.04. The highest BCUT2D eigenvalue weighted by atomic mass is 35.5. The molecule has 2 N–H and O–H groups in total. The third-order valence-electron chi connectivity index (χ3n) is 3.54. The molecule has 104 valence electrons. The zero-order chi connectivity index (χ0) is 14.1. The number of hydrogen-bond acceptors (Lipinski definition) is 2. The number of rotatable bonds is 2. The second-order valence-corrected chi connectivity index (χ2v) is 5.84. The highest BCUT2D eigenvalue weighted by molar-refractivity contribution is 6.34. The van der Waals surface area contributed by atoms with Crippen LogP contribution in [0.1, 0.15) is 29.2 Å². The first kappa shape index (κ1) is 13.7. The summed E-state index contributed by atoms with van der Waals surface area (Å²) in [7, 11) is 0. The molecule has 2 aromatic rings. The first-order valence-corrected chi connectivity index (χ1v) is 7.37. The van der Waals surface area contributed by atoms with Crippen LogP contribution in [-0.2, 0) is 6.42 Å². The van der Waals surface area contributed by atoms with E-state index < -0.39 is 0 Å². The molecule has 1 unspecified atom stereocenters. The Hall–Kier alpha value is -1.22. The molecule has 0 amide bonds. The maximum Gasteiger partial charge on any atom is 0.127 e. The smallest absolute Gasteiger partial charge is 0.127 e. The highest BCUT2D eigenvalue weighted by Gasteiger charge is 2.20. The topological polar surface area (TPSA) is 35.2 Å². The molecule has 20 heavy (non-hydrogen) atoms. The van der Waals surface area contributed by atoms with Crippen LogP contribution in [0.15, 0.2) is 36.4 Å². The van der Waals surface area contributed by atoms with E-state index in [1.807, 2.05) is 24.3 Å². The summed E-state index contributed by atoms with van der Waals surface area (Å²) in [5, 5.41) is 1.18. The first-order valence-electron chi connectivity index (χ1n) is 6.61. The highest BCUT2D eigenvalue weighted by Crippen LogP contribution is 2.35. The summed E-state index contributed by atoms with van der Waals surface area (Å²) in [6, 6.07) is 11.2. The molecule has 4 heteroatoms. The quantitative estimate of drug-likeness (QED) is 0.894. The SMILES string of the molecule is NC(c1cc(Cl)cc(Cl)c1)c1cccc2c1OCCC2. The minimum Gasteiger partial charge on any atom is -0.493 e. The molecule has 0 saturated carbocycles. The molecule has 0 aromatic heterocycles. The van der Waals surface area contributed by atoms with Crippen molar-refractivity contribution in [1.82, 2.24) is 0 Å². The fourth-order valence-corrected chi connectivity index (χ4v) is 3.14. The van der Waals surface area contributed by atoms with E-state index in [9.17, 15) is 0 Å². The van der Waals surface area contributed by atoms with Crippen molar-refractivity contribution in [1.29, 1.82) is 0 Å². The van der Waals surface area contributed by atoms with Crippen LogP contribution >= 0.6 is 23.2 Å². The maximum absolute atomic E-state index is 6.38. The van der Waals surface area contributed by atoms with E-state index in [0.29, 0.717) is 10.0 Å². The van der Waals surface area contributed by atoms with Gasteiger partial charge in [-0.05, 0) is 42.2 Å². The van der Waals surface area contributed by atoms with E-state index in [1.165, 1.54) is 5.56 Å². The van der Waals surface area contributed by atoms with Gasteiger partial charge in [-0.1, -0.05) is 41.4 Å². The number of nitrogens with two attached hydrogens (primary N) is 1. The Morgan fingerprint density at radius 1 is 1.10 bits per heavy atom. The van der Waals surface area contributed by atoms with Crippen LogP contribution in [0.4, 0.5) is 0 Å². The average molecular weight is 308 g/mol. The molecule has 0 bridgehead atoms. The molecule has 2 aromatic carbocycles. The van der Waals surface area contributed by atoms with Crippen LogP contribution in [0.2, 0.25) is 10.0 Å². The second kappa shape index (κ2) is 5.65. The van der Waals surface area contributed by atoms with Crippen molar-refractivity contribution < 1.29 is 4.74 Å². The van der Waals surface area contributed by atoms with Crippen LogP contribution in [0.5, 0.6) is 5.75 Å². The third kappa shape index (κ3) is 2.64. The van der Waals surface area contributed by atoms with Gasteiger partial charge in [0, 0.05) is 15.6 Å². The van der Waals surface area contributed by atoms with Gasteiger partial charge in [0.05, 0.1) is 12.6 Å². The summed E-state index contributed by atoms with van der Waals surface area (Å²) in [5.41, 5.74) is 9.48. The predicted molar refractivity (Wildman–Crippen MR) is 82.8 cm³/mol. The Morgan fingerprint density at radius 2 is 1.85 bits per heavy atom. The largest absolute Gasteiger partial charge is 0.493 e. The molecular weight excluding hydrogens is 293 g/mol. The van der Waals surface area contributed by atoms with Crippen LogP contribution in [-0.4, -0.2) is 6.61 Å². The first-order chi connectivity index (χ1) is 9.65. The zero-order valence-electron chi connectivity index (χ0n) is 10.9. The molecule has 0 saturated heterocycles. The molecule has 0 fully saturated rings. The molecule has 1 atom stereocenters. The van der Waals surface area contributed by atoms with Crippen molar-refractivity contribution in [2.24, 2.45) is 5.73 Å². The lowest BCUT2D eigenvalue weighted by molar-refractivity contribution is 0.284. The van der Waals surface area contributed by atoms with Gasteiger partial charge in [0.2, 0.25) is 0 Å². The molecule has 1 aliphatic rings. The van der Waals surface area contributed by atoms with Crippen LogP contribution < -0.4 is 10.5 Å². The predicted octanol–water partition coefficient (Wildman–Crippen LogP) is 4.37. The Morgan fingerprint density at radius 3 is 2.60 bits per heavy atom. The molecule has 1 heterocycles. The minimum atomic E-state index is -0.292. The maximum atomic E-state index is 6.38. The van der Waals surface area contributed by atoms with Crippen molar-refractivity contribution in [3.05, 3.63) is 63.1 Å². The number of ether oxygens (including phenoxy) is 1. The van der Waals surface area contributed by atoms with E-state index in [2.05, 4.69) is 6.07 Å². The Labute approximate surface area is 128 Å². The zero-order valence-corrected chi connectivity index (χ0v) is 12.4.